The number of anilines is 1. The summed E-state index contributed by atoms with van der Waals surface area (Å²) in [4.78, 5) is 34.3. The number of ether oxygens (including phenoxy) is 2. The fourth-order valence-corrected chi connectivity index (χ4v) is 6.50. The molecule has 0 radical (unpaired) electrons. The first-order valence-corrected chi connectivity index (χ1v) is 14.5. The maximum atomic E-state index is 14.5. The van der Waals surface area contributed by atoms with Gasteiger partial charge in [-0.1, -0.05) is 29.8 Å². The molecular weight excluding hydrogens is 526 g/mol. The highest BCUT2D eigenvalue weighted by atomic mass is 35.5. The van der Waals surface area contributed by atoms with E-state index in [9.17, 15) is 9.59 Å². The van der Waals surface area contributed by atoms with E-state index in [0.29, 0.717) is 61.4 Å². The Balaban J connectivity index is 1.36. The van der Waals surface area contributed by atoms with E-state index >= 15 is 0 Å². The minimum Gasteiger partial charge on any atom is -0.490 e. The van der Waals surface area contributed by atoms with E-state index in [4.69, 9.17) is 21.1 Å². The average Bonchev–Trinajstić information content (AvgIpc) is 2.98. The third-order valence-corrected chi connectivity index (χ3v) is 8.49. The van der Waals surface area contributed by atoms with Crippen LogP contribution in [0.15, 0.2) is 60.7 Å². The second-order valence-corrected chi connectivity index (χ2v) is 10.8. The summed E-state index contributed by atoms with van der Waals surface area (Å²) in [5, 5.41) is 0.710. The molecule has 3 aromatic carbocycles. The van der Waals surface area contributed by atoms with Crippen LogP contribution in [0.3, 0.4) is 0 Å². The zero-order valence-electron chi connectivity index (χ0n) is 22.9. The van der Waals surface area contributed by atoms with Crippen molar-refractivity contribution >= 4 is 29.1 Å². The lowest BCUT2D eigenvalue weighted by Crippen LogP contribution is -2.54. The van der Waals surface area contributed by atoms with Crippen LogP contribution < -0.4 is 14.4 Å². The molecular formula is C32H34ClN3O4. The second kappa shape index (κ2) is 11.0. The summed E-state index contributed by atoms with van der Waals surface area (Å²) in [7, 11) is 0. The lowest BCUT2D eigenvalue weighted by molar-refractivity contribution is -0.135. The highest BCUT2D eigenvalue weighted by Gasteiger charge is 2.48. The van der Waals surface area contributed by atoms with Gasteiger partial charge in [-0.25, -0.2) is 0 Å². The number of piperazine rings is 1. The third-order valence-electron chi connectivity index (χ3n) is 8.23. The summed E-state index contributed by atoms with van der Waals surface area (Å²) >= 11 is 6.08. The molecule has 2 atom stereocenters. The number of nitrogens with zero attached hydrogens (tertiary/aromatic N) is 3. The second-order valence-electron chi connectivity index (χ2n) is 10.4. The molecule has 3 aliphatic heterocycles. The number of hydrogen-bond donors (Lipinski definition) is 0. The monoisotopic (exact) mass is 559 g/mol. The van der Waals surface area contributed by atoms with E-state index in [1.54, 1.807) is 0 Å². The Morgan fingerprint density at radius 1 is 0.875 bits per heavy atom. The number of halogens is 1. The van der Waals surface area contributed by atoms with E-state index in [1.165, 1.54) is 0 Å². The standard InChI is InChI=1S/C32H34ClN3O4/c1-3-39-27-19-21-13-14-36-30(26(21)20-28(27)40-4-2)29(24-7-5-6-8-25(24)31(36)37)32(38)35-17-15-34(16-18-35)23-11-9-22(33)10-12-23/h5-12,19-20,29-30H,3-4,13-18H2,1-2H3/t29-,30-/m1/s1. The number of rotatable bonds is 6. The molecule has 8 heteroatoms. The van der Waals surface area contributed by atoms with Gasteiger partial charge in [0.15, 0.2) is 11.5 Å². The van der Waals surface area contributed by atoms with Crippen molar-refractivity contribution in [3.63, 3.8) is 0 Å². The molecule has 0 saturated carbocycles. The minimum absolute atomic E-state index is 0.0188. The Morgan fingerprint density at radius 3 is 2.25 bits per heavy atom. The Morgan fingerprint density at radius 2 is 1.55 bits per heavy atom. The SMILES string of the molecule is CCOc1cc2c(cc1OCC)[C@@H]1[C@H](C(=O)N3CCN(c4ccc(Cl)cc4)CC3)c3ccccc3C(=O)N1CC2. The fraction of sp³-hybridized carbons (Fsp3) is 0.375. The van der Waals surface area contributed by atoms with Crippen molar-refractivity contribution < 1.29 is 19.1 Å². The molecule has 0 aromatic heterocycles. The molecule has 0 spiro atoms. The summed E-state index contributed by atoms with van der Waals surface area (Å²) < 4.78 is 11.9. The summed E-state index contributed by atoms with van der Waals surface area (Å²) in [6, 6.07) is 19.1. The normalized spacial score (nSPS) is 20.0. The van der Waals surface area contributed by atoms with Gasteiger partial charge in [-0.2, -0.15) is 0 Å². The first kappa shape index (κ1) is 26.5. The third kappa shape index (κ3) is 4.66. The van der Waals surface area contributed by atoms with Gasteiger partial charge in [0.1, 0.15) is 0 Å². The number of carbonyl (C=O) groups excluding carboxylic acids is 2. The van der Waals surface area contributed by atoms with Gasteiger partial charge >= 0.3 is 0 Å². The van der Waals surface area contributed by atoms with Crippen molar-refractivity contribution in [3.8, 4) is 11.5 Å². The molecule has 7 nitrogen and oxygen atoms in total. The fourth-order valence-electron chi connectivity index (χ4n) is 6.37. The van der Waals surface area contributed by atoms with Crippen LogP contribution in [0.5, 0.6) is 11.5 Å². The smallest absolute Gasteiger partial charge is 0.254 e. The van der Waals surface area contributed by atoms with Gasteiger partial charge in [-0.3, -0.25) is 9.59 Å². The molecule has 208 valence electrons. The maximum absolute atomic E-state index is 14.5. The highest BCUT2D eigenvalue weighted by Crippen LogP contribution is 2.49. The Labute approximate surface area is 240 Å². The van der Waals surface area contributed by atoms with Gasteiger partial charge in [-0.15, -0.1) is 0 Å². The predicted octanol–water partition coefficient (Wildman–Crippen LogP) is 5.32. The number of hydrogen-bond acceptors (Lipinski definition) is 5. The van der Waals surface area contributed by atoms with Crippen molar-refractivity contribution in [1.82, 2.24) is 9.80 Å². The molecule has 3 aromatic rings. The summed E-state index contributed by atoms with van der Waals surface area (Å²) in [5.74, 6) is 0.905. The van der Waals surface area contributed by atoms with Crippen molar-refractivity contribution in [2.75, 3.05) is 50.8 Å². The van der Waals surface area contributed by atoms with Crippen LogP contribution in [-0.2, 0) is 11.2 Å². The molecule has 2 amide bonds. The number of carbonyl (C=O) groups is 2. The first-order chi connectivity index (χ1) is 19.5. The Hall–Kier alpha value is -3.71. The van der Waals surface area contributed by atoms with Crippen LogP contribution in [0, 0.1) is 0 Å². The average molecular weight is 560 g/mol. The summed E-state index contributed by atoms with van der Waals surface area (Å²) in [5.41, 5.74) is 4.60. The van der Waals surface area contributed by atoms with Crippen molar-refractivity contribution in [3.05, 3.63) is 87.9 Å². The minimum atomic E-state index is -0.498. The zero-order valence-corrected chi connectivity index (χ0v) is 23.7. The predicted molar refractivity (Wildman–Crippen MR) is 156 cm³/mol. The molecule has 0 unspecified atom stereocenters. The zero-order chi connectivity index (χ0) is 27.8. The van der Waals surface area contributed by atoms with Crippen LogP contribution in [0.2, 0.25) is 5.02 Å². The number of amides is 2. The van der Waals surface area contributed by atoms with E-state index < -0.39 is 12.0 Å². The quantitative estimate of drug-likeness (QED) is 0.409. The van der Waals surface area contributed by atoms with Crippen LogP contribution in [0.25, 0.3) is 0 Å². The number of benzene rings is 3. The summed E-state index contributed by atoms with van der Waals surface area (Å²) in [6.45, 7) is 8.17. The van der Waals surface area contributed by atoms with E-state index in [1.807, 2.05) is 84.3 Å². The van der Waals surface area contributed by atoms with E-state index in [0.717, 1.165) is 35.5 Å². The molecule has 40 heavy (non-hydrogen) atoms. The Bertz CT molecular complexity index is 1420. The van der Waals surface area contributed by atoms with E-state index in [-0.39, 0.29) is 11.8 Å². The molecule has 1 fully saturated rings. The Kier molecular flexibility index (Phi) is 7.32. The highest BCUT2D eigenvalue weighted by molar-refractivity contribution is 6.30. The van der Waals surface area contributed by atoms with Crippen LogP contribution in [-0.4, -0.2) is 67.6 Å². The van der Waals surface area contributed by atoms with E-state index in [2.05, 4.69) is 4.90 Å². The summed E-state index contributed by atoms with van der Waals surface area (Å²) in [6.07, 6.45) is 0.701. The molecule has 0 bridgehead atoms. The van der Waals surface area contributed by atoms with Gasteiger partial charge in [0.2, 0.25) is 5.91 Å². The van der Waals surface area contributed by atoms with Crippen molar-refractivity contribution in [1.29, 1.82) is 0 Å². The van der Waals surface area contributed by atoms with Gasteiger partial charge < -0.3 is 24.2 Å². The lowest BCUT2D eigenvalue weighted by Gasteiger charge is -2.47. The number of fused-ring (bicyclic) bond motifs is 4. The van der Waals surface area contributed by atoms with Crippen molar-refractivity contribution in [2.45, 2.75) is 32.2 Å². The van der Waals surface area contributed by atoms with Gasteiger partial charge in [-0.05, 0) is 79.4 Å². The molecule has 0 N–H and O–H groups in total. The maximum Gasteiger partial charge on any atom is 0.254 e. The van der Waals surface area contributed by atoms with Crippen molar-refractivity contribution in [2.24, 2.45) is 0 Å². The largest absolute Gasteiger partial charge is 0.490 e. The van der Waals surface area contributed by atoms with Crippen LogP contribution in [0.1, 0.15) is 52.9 Å². The molecule has 6 rings (SSSR count). The molecule has 1 saturated heterocycles. The molecule has 0 aliphatic carbocycles. The van der Waals surface area contributed by atoms with Gasteiger partial charge in [0, 0.05) is 49.0 Å². The van der Waals surface area contributed by atoms with Gasteiger partial charge in [0.25, 0.3) is 5.91 Å². The molecule has 3 heterocycles. The lowest BCUT2D eigenvalue weighted by atomic mass is 9.75. The van der Waals surface area contributed by atoms with Crippen LogP contribution in [0.4, 0.5) is 5.69 Å². The topological polar surface area (TPSA) is 62.3 Å². The van der Waals surface area contributed by atoms with Gasteiger partial charge in [0.05, 0.1) is 25.2 Å². The first-order valence-electron chi connectivity index (χ1n) is 14.1. The molecule has 3 aliphatic rings. The van der Waals surface area contributed by atoms with Crippen LogP contribution >= 0.6 is 11.6 Å².